The van der Waals surface area contributed by atoms with E-state index in [1.165, 1.54) is 0 Å². The third kappa shape index (κ3) is 3.20. The first kappa shape index (κ1) is 11.9. The molecule has 0 aliphatic heterocycles. The third-order valence-electron chi connectivity index (χ3n) is 3.04. The first-order valence-corrected chi connectivity index (χ1v) is 5.82. The largest absolute Gasteiger partial charge is 0.445 e. The Bertz CT molecular complexity index is 386. The van der Waals surface area contributed by atoms with Gasteiger partial charge in [0.2, 0.25) is 0 Å². The van der Waals surface area contributed by atoms with Crippen molar-refractivity contribution in [2.24, 2.45) is 5.73 Å². The lowest BCUT2D eigenvalue weighted by atomic mass is 9.75. The SMILES string of the molecule is CC1(NC(=O)OCc2ccccc2)CC(N)C1. The lowest BCUT2D eigenvalue weighted by molar-refractivity contribution is 0.106. The van der Waals surface area contributed by atoms with Crippen molar-refractivity contribution < 1.29 is 9.53 Å². The number of alkyl carbamates (subject to hydrolysis) is 1. The molecule has 4 heteroatoms. The molecule has 0 atom stereocenters. The Labute approximate surface area is 101 Å². The fourth-order valence-corrected chi connectivity index (χ4v) is 2.21. The average Bonchev–Trinajstić information content (AvgIpc) is 2.26. The van der Waals surface area contributed by atoms with Crippen LogP contribution in [0.1, 0.15) is 25.3 Å². The molecule has 4 nitrogen and oxygen atoms in total. The molecule has 1 fully saturated rings. The Hall–Kier alpha value is -1.55. The Morgan fingerprint density at radius 1 is 1.47 bits per heavy atom. The van der Waals surface area contributed by atoms with Crippen LogP contribution in [0.4, 0.5) is 4.79 Å². The minimum atomic E-state index is -0.372. The molecule has 1 amide bonds. The van der Waals surface area contributed by atoms with E-state index in [1.807, 2.05) is 37.3 Å². The number of ether oxygens (including phenoxy) is 1. The molecule has 92 valence electrons. The normalized spacial score (nSPS) is 27.1. The molecule has 1 aliphatic rings. The topological polar surface area (TPSA) is 64.3 Å². The van der Waals surface area contributed by atoms with Gasteiger partial charge in [-0.2, -0.15) is 0 Å². The van der Waals surface area contributed by atoms with Gasteiger partial charge in [-0.3, -0.25) is 0 Å². The van der Waals surface area contributed by atoms with E-state index < -0.39 is 0 Å². The lowest BCUT2D eigenvalue weighted by Gasteiger charge is -2.43. The van der Waals surface area contributed by atoms with Crippen molar-refractivity contribution in [1.82, 2.24) is 5.32 Å². The monoisotopic (exact) mass is 234 g/mol. The highest BCUT2D eigenvalue weighted by Crippen LogP contribution is 2.30. The van der Waals surface area contributed by atoms with Gasteiger partial charge >= 0.3 is 6.09 Å². The van der Waals surface area contributed by atoms with Crippen molar-refractivity contribution in [2.75, 3.05) is 0 Å². The van der Waals surface area contributed by atoms with Crippen molar-refractivity contribution in [3.8, 4) is 0 Å². The second-order valence-electron chi connectivity index (χ2n) is 4.92. The van der Waals surface area contributed by atoms with Crippen LogP contribution < -0.4 is 11.1 Å². The van der Waals surface area contributed by atoms with E-state index in [9.17, 15) is 4.79 Å². The number of amides is 1. The summed E-state index contributed by atoms with van der Waals surface area (Å²) in [7, 11) is 0. The van der Waals surface area contributed by atoms with Gasteiger partial charge in [-0.05, 0) is 25.3 Å². The van der Waals surface area contributed by atoms with Crippen molar-refractivity contribution >= 4 is 6.09 Å². The number of rotatable bonds is 3. The van der Waals surface area contributed by atoms with Gasteiger partial charge < -0.3 is 15.8 Å². The van der Waals surface area contributed by atoms with Crippen molar-refractivity contribution in [3.05, 3.63) is 35.9 Å². The summed E-state index contributed by atoms with van der Waals surface area (Å²) in [6.07, 6.45) is 1.25. The van der Waals surface area contributed by atoms with Crippen LogP contribution >= 0.6 is 0 Å². The first-order valence-electron chi connectivity index (χ1n) is 5.82. The van der Waals surface area contributed by atoms with Gasteiger partial charge in [0.1, 0.15) is 6.61 Å². The Kier molecular flexibility index (Phi) is 3.33. The molecule has 0 spiro atoms. The van der Waals surface area contributed by atoms with Crippen molar-refractivity contribution in [3.63, 3.8) is 0 Å². The van der Waals surface area contributed by atoms with Gasteiger partial charge in [0, 0.05) is 11.6 Å². The van der Waals surface area contributed by atoms with Crippen LogP contribution in [0.5, 0.6) is 0 Å². The fourth-order valence-electron chi connectivity index (χ4n) is 2.21. The molecule has 1 aliphatic carbocycles. The number of carbonyl (C=O) groups is 1. The van der Waals surface area contributed by atoms with E-state index >= 15 is 0 Å². The summed E-state index contributed by atoms with van der Waals surface area (Å²) in [4.78, 5) is 11.6. The standard InChI is InChI=1S/C13H18N2O2/c1-13(7-11(14)8-13)15-12(16)17-9-10-5-3-2-4-6-10/h2-6,11H,7-9,14H2,1H3,(H,15,16). The Balaban J connectivity index is 1.75. The van der Waals surface area contributed by atoms with Crippen LogP contribution in [0.15, 0.2) is 30.3 Å². The number of nitrogens with two attached hydrogens (primary N) is 1. The highest BCUT2D eigenvalue weighted by molar-refractivity contribution is 5.68. The van der Waals surface area contributed by atoms with E-state index in [4.69, 9.17) is 10.5 Å². The summed E-state index contributed by atoms with van der Waals surface area (Å²) < 4.78 is 5.14. The summed E-state index contributed by atoms with van der Waals surface area (Å²) >= 11 is 0. The maximum absolute atomic E-state index is 11.6. The molecule has 0 bridgehead atoms. The van der Waals surface area contributed by atoms with Gasteiger partial charge in [0.05, 0.1) is 0 Å². The van der Waals surface area contributed by atoms with E-state index in [0.29, 0.717) is 6.61 Å². The molecule has 17 heavy (non-hydrogen) atoms. The fraction of sp³-hybridized carbons (Fsp3) is 0.462. The predicted octanol–water partition coefficient (Wildman–Crippen LogP) is 1.79. The van der Waals surface area contributed by atoms with Crippen LogP contribution in [-0.2, 0) is 11.3 Å². The molecule has 2 rings (SSSR count). The van der Waals surface area contributed by atoms with Crippen LogP contribution in [-0.4, -0.2) is 17.7 Å². The van der Waals surface area contributed by atoms with Gasteiger partial charge in [0.25, 0.3) is 0 Å². The smallest absolute Gasteiger partial charge is 0.407 e. The summed E-state index contributed by atoms with van der Waals surface area (Å²) in [5.41, 5.74) is 6.50. The van der Waals surface area contributed by atoms with Crippen LogP contribution in [0.25, 0.3) is 0 Å². The minimum Gasteiger partial charge on any atom is -0.445 e. The van der Waals surface area contributed by atoms with Gasteiger partial charge in [-0.15, -0.1) is 0 Å². The van der Waals surface area contributed by atoms with Crippen molar-refractivity contribution in [2.45, 2.75) is 38.0 Å². The number of benzene rings is 1. The molecule has 0 saturated heterocycles. The summed E-state index contributed by atoms with van der Waals surface area (Å²) in [5.74, 6) is 0. The zero-order valence-electron chi connectivity index (χ0n) is 9.98. The van der Waals surface area contributed by atoms with Crippen LogP contribution in [0.3, 0.4) is 0 Å². The molecule has 0 aromatic heterocycles. The van der Waals surface area contributed by atoms with E-state index in [0.717, 1.165) is 18.4 Å². The highest BCUT2D eigenvalue weighted by Gasteiger charge is 2.39. The molecule has 0 unspecified atom stereocenters. The average molecular weight is 234 g/mol. The maximum atomic E-state index is 11.6. The van der Waals surface area contributed by atoms with Gasteiger partial charge in [0.15, 0.2) is 0 Å². The van der Waals surface area contributed by atoms with Gasteiger partial charge in [-0.1, -0.05) is 30.3 Å². The highest BCUT2D eigenvalue weighted by atomic mass is 16.5. The minimum absolute atomic E-state index is 0.187. The zero-order chi connectivity index (χ0) is 12.3. The Morgan fingerprint density at radius 2 is 2.12 bits per heavy atom. The molecular formula is C13H18N2O2. The molecule has 1 saturated carbocycles. The number of carbonyl (C=O) groups excluding carboxylic acids is 1. The van der Waals surface area contributed by atoms with E-state index in [-0.39, 0.29) is 17.7 Å². The molecule has 3 N–H and O–H groups in total. The maximum Gasteiger partial charge on any atom is 0.407 e. The molecule has 1 aromatic rings. The van der Waals surface area contributed by atoms with E-state index in [1.54, 1.807) is 0 Å². The molecular weight excluding hydrogens is 216 g/mol. The summed E-state index contributed by atoms with van der Waals surface area (Å²) in [6.45, 7) is 2.29. The molecule has 0 radical (unpaired) electrons. The lowest BCUT2D eigenvalue weighted by Crippen LogP contribution is -2.59. The zero-order valence-corrected chi connectivity index (χ0v) is 9.98. The quantitative estimate of drug-likeness (QED) is 0.838. The molecule has 1 aromatic carbocycles. The second kappa shape index (κ2) is 4.75. The second-order valence-corrected chi connectivity index (χ2v) is 4.92. The Morgan fingerprint density at radius 3 is 2.71 bits per heavy atom. The number of nitrogens with one attached hydrogen (secondary N) is 1. The number of hydrogen-bond donors (Lipinski definition) is 2. The third-order valence-corrected chi connectivity index (χ3v) is 3.04. The van der Waals surface area contributed by atoms with E-state index in [2.05, 4.69) is 5.32 Å². The summed E-state index contributed by atoms with van der Waals surface area (Å²) in [6, 6.07) is 9.82. The number of hydrogen-bond acceptors (Lipinski definition) is 3. The predicted molar refractivity (Wildman–Crippen MR) is 65.4 cm³/mol. The molecule has 0 heterocycles. The summed E-state index contributed by atoms with van der Waals surface area (Å²) in [5, 5.41) is 2.85. The first-order chi connectivity index (χ1) is 8.07. The van der Waals surface area contributed by atoms with Gasteiger partial charge in [-0.25, -0.2) is 4.79 Å². The van der Waals surface area contributed by atoms with Crippen LogP contribution in [0, 0.1) is 0 Å². The van der Waals surface area contributed by atoms with Crippen molar-refractivity contribution in [1.29, 1.82) is 0 Å². The van der Waals surface area contributed by atoms with Crippen LogP contribution in [0.2, 0.25) is 0 Å².